The maximum Gasteiger partial charge on any atom is 0.235 e. The molecule has 0 fully saturated rings. The van der Waals surface area contributed by atoms with E-state index in [0.29, 0.717) is 16.7 Å². The third-order valence-electron chi connectivity index (χ3n) is 1.99. The molecule has 0 saturated carbocycles. The van der Waals surface area contributed by atoms with Crippen LogP contribution in [0.2, 0.25) is 0 Å². The third-order valence-corrected chi connectivity index (χ3v) is 4.57. The molecular weight excluding hydrogens is 308 g/mol. The predicted molar refractivity (Wildman–Crippen MR) is 69.3 cm³/mol. The Morgan fingerprint density at radius 2 is 2.12 bits per heavy atom. The Hall–Kier alpha value is -1.08. The highest BCUT2D eigenvalue weighted by Gasteiger charge is 2.21. The van der Waals surface area contributed by atoms with Gasteiger partial charge in [-0.05, 0) is 41.1 Å². The minimum Gasteiger partial charge on any atom is -0.399 e. The lowest BCUT2D eigenvalue weighted by Gasteiger charge is -2.07. The summed E-state index contributed by atoms with van der Waals surface area (Å²) in [5.74, 6) is -1.08. The number of amides is 1. The smallest absolute Gasteiger partial charge is 0.235 e. The molecule has 0 atom stereocenters. The minimum atomic E-state index is -3.64. The maximum absolute atomic E-state index is 11.9. The highest BCUT2D eigenvalue weighted by atomic mass is 79.9. The minimum absolute atomic E-state index is 0.0675. The van der Waals surface area contributed by atoms with Crippen molar-refractivity contribution >= 4 is 37.4 Å². The lowest BCUT2D eigenvalue weighted by molar-refractivity contribution is -0.118. The summed E-state index contributed by atoms with van der Waals surface area (Å²) in [6.07, 6.45) is 0. The highest BCUT2D eigenvalue weighted by molar-refractivity contribution is 9.10. The number of nitrogens with two attached hydrogens (primary N) is 1. The van der Waals surface area contributed by atoms with Gasteiger partial charge in [0.2, 0.25) is 5.91 Å². The molecule has 1 amide bonds. The normalized spacial score (nSPS) is 11.2. The van der Waals surface area contributed by atoms with Gasteiger partial charge in [0.15, 0.2) is 9.84 Å². The molecule has 0 aliphatic carbocycles. The summed E-state index contributed by atoms with van der Waals surface area (Å²) in [5.41, 5.74) is 5.97. The third kappa shape index (κ3) is 3.71. The van der Waals surface area contributed by atoms with Gasteiger partial charge in [0.1, 0.15) is 5.75 Å². The second-order valence-corrected chi connectivity index (χ2v) is 6.21. The Labute approximate surface area is 108 Å². The number of hydrogen-bond acceptors (Lipinski definition) is 4. The van der Waals surface area contributed by atoms with Gasteiger partial charge in [0.05, 0.1) is 4.90 Å². The second-order valence-electron chi connectivity index (χ2n) is 3.40. The van der Waals surface area contributed by atoms with E-state index in [9.17, 15) is 13.2 Å². The number of nitrogen functional groups attached to an aromatic ring is 1. The first-order valence-corrected chi connectivity index (χ1v) is 7.36. The molecule has 1 aromatic rings. The SMILES string of the molecule is CCNC(=O)CS(=O)(=O)c1ccc(N)cc1Br. The lowest BCUT2D eigenvalue weighted by atomic mass is 10.3. The van der Waals surface area contributed by atoms with Gasteiger partial charge in [-0.15, -0.1) is 0 Å². The average molecular weight is 321 g/mol. The number of nitrogens with one attached hydrogen (secondary N) is 1. The van der Waals surface area contributed by atoms with Gasteiger partial charge in [-0.25, -0.2) is 8.42 Å². The van der Waals surface area contributed by atoms with Crippen LogP contribution in [0.4, 0.5) is 5.69 Å². The van der Waals surface area contributed by atoms with Crippen molar-refractivity contribution in [1.82, 2.24) is 5.32 Å². The first kappa shape index (κ1) is 14.0. The molecule has 3 N–H and O–H groups in total. The summed E-state index contributed by atoms with van der Waals surface area (Å²) in [5, 5.41) is 2.44. The Bertz CT molecular complexity index is 528. The summed E-state index contributed by atoms with van der Waals surface area (Å²) < 4.78 is 24.2. The van der Waals surface area contributed by atoms with Crippen molar-refractivity contribution in [3.8, 4) is 0 Å². The zero-order chi connectivity index (χ0) is 13.1. The number of halogens is 1. The van der Waals surface area contributed by atoms with Crippen molar-refractivity contribution in [2.75, 3.05) is 18.0 Å². The van der Waals surface area contributed by atoms with Crippen LogP contribution in [0.5, 0.6) is 0 Å². The summed E-state index contributed by atoms with van der Waals surface area (Å²) in [6, 6.07) is 4.36. The monoisotopic (exact) mass is 320 g/mol. The molecule has 0 radical (unpaired) electrons. The highest BCUT2D eigenvalue weighted by Crippen LogP contribution is 2.25. The van der Waals surface area contributed by atoms with Gasteiger partial charge in [-0.1, -0.05) is 0 Å². The fourth-order valence-corrected chi connectivity index (χ4v) is 3.64. The number of anilines is 1. The summed E-state index contributed by atoms with van der Waals surface area (Å²) >= 11 is 3.12. The van der Waals surface area contributed by atoms with E-state index in [1.807, 2.05) is 0 Å². The molecule has 0 bridgehead atoms. The van der Waals surface area contributed by atoms with Crippen molar-refractivity contribution in [1.29, 1.82) is 0 Å². The quantitative estimate of drug-likeness (QED) is 0.808. The number of carbonyl (C=O) groups excluding carboxylic acids is 1. The van der Waals surface area contributed by atoms with Crippen LogP contribution in [0.15, 0.2) is 27.6 Å². The number of hydrogen-bond donors (Lipinski definition) is 2. The molecule has 0 spiro atoms. The molecule has 0 unspecified atom stereocenters. The summed E-state index contributed by atoms with van der Waals surface area (Å²) in [4.78, 5) is 11.3. The Kier molecular flexibility index (Phi) is 4.53. The van der Waals surface area contributed by atoms with E-state index in [2.05, 4.69) is 21.2 Å². The standard InChI is InChI=1S/C10H13BrN2O3S/c1-2-13-10(14)6-17(15,16)9-4-3-7(12)5-8(9)11/h3-5H,2,6,12H2,1H3,(H,13,14). The Morgan fingerprint density at radius 1 is 1.47 bits per heavy atom. The number of rotatable bonds is 4. The molecule has 0 saturated heterocycles. The molecule has 0 heterocycles. The van der Waals surface area contributed by atoms with Gasteiger partial charge >= 0.3 is 0 Å². The van der Waals surface area contributed by atoms with Gasteiger partial charge in [-0.3, -0.25) is 4.79 Å². The van der Waals surface area contributed by atoms with Crippen LogP contribution in [-0.4, -0.2) is 26.6 Å². The number of carbonyl (C=O) groups is 1. The summed E-state index contributed by atoms with van der Waals surface area (Å²) in [7, 11) is -3.64. The van der Waals surface area contributed by atoms with E-state index in [1.54, 1.807) is 6.92 Å². The number of benzene rings is 1. The fourth-order valence-electron chi connectivity index (χ4n) is 1.27. The first-order valence-electron chi connectivity index (χ1n) is 4.91. The van der Waals surface area contributed by atoms with Crippen molar-refractivity contribution < 1.29 is 13.2 Å². The molecule has 94 valence electrons. The number of sulfone groups is 1. The van der Waals surface area contributed by atoms with E-state index in [0.717, 1.165) is 0 Å². The largest absolute Gasteiger partial charge is 0.399 e. The van der Waals surface area contributed by atoms with Crippen LogP contribution in [0.1, 0.15) is 6.92 Å². The predicted octanol–water partition coefficient (Wildman–Crippen LogP) is 0.941. The first-order chi connectivity index (χ1) is 7.86. The van der Waals surface area contributed by atoms with Gasteiger partial charge in [-0.2, -0.15) is 0 Å². The Balaban J connectivity index is 3.01. The molecule has 0 aliphatic heterocycles. The van der Waals surface area contributed by atoms with Crippen molar-refractivity contribution in [3.05, 3.63) is 22.7 Å². The zero-order valence-electron chi connectivity index (χ0n) is 9.23. The van der Waals surface area contributed by atoms with Crippen LogP contribution in [0.25, 0.3) is 0 Å². The fraction of sp³-hybridized carbons (Fsp3) is 0.300. The molecule has 0 aliphatic rings. The second kappa shape index (κ2) is 5.50. The van der Waals surface area contributed by atoms with E-state index in [-0.39, 0.29) is 4.90 Å². The van der Waals surface area contributed by atoms with E-state index >= 15 is 0 Å². The van der Waals surface area contributed by atoms with E-state index in [1.165, 1.54) is 18.2 Å². The zero-order valence-corrected chi connectivity index (χ0v) is 11.6. The molecule has 1 aromatic carbocycles. The van der Waals surface area contributed by atoms with E-state index < -0.39 is 21.5 Å². The molecular formula is C10H13BrN2O3S. The molecule has 5 nitrogen and oxygen atoms in total. The molecule has 7 heteroatoms. The van der Waals surface area contributed by atoms with Crippen molar-refractivity contribution in [3.63, 3.8) is 0 Å². The molecule has 0 aromatic heterocycles. The Morgan fingerprint density at radius 3 is 2.65 bits per heavy atom. The van der Waals surface area contributed by atoms with Gasteiger partial charge in [0.25, 0.3) is 0 Å². The van der Waals surface area contributed by atoms with Crippen molar-refractivity contribution in [2.45, 2.75) is 11.8 Å². The topological polar surface area (TPSA) is 89.3 Å². The average Bonchev–Trinajstić information content (AvgIpc) is 2.15. The maximum atomic E-state index is 11.9. The van der Waals surface area contributed by atoms with Gasteiger partial charge in [0, 0.05) is 16.7 Å². The van der Waals surface area contributed by atoms with Crippen molar-refractivity contribution in [2.24, 2.45) is 0 Å². The van der Waals surface area contributed by atoms with Crippen LogP contribution in [-0.2, 0) is 14.6 Å². The van der Waals surface area contributed by atoms with E-state index in [4.69, 9.17) is 5.73 Å². The van der Waals surface area contributed by atoms with Gasteiger partial charge < -0.3 is 11.1 Å². The molecule has 1 rings (SSSR count). The summed E-state index contributed by atoms with van der Waals surface area (Å²) in [6.45, 7) is 2.13. The van der Waals surface area contributed by atoms with Crippen LogP contribution >= 0.6 is 15.9 Å². The van der Waals surface area contributed by atoms with Crippen LogP contribution in [0, 0.1) is 0 Å². The van der Waals surface area contributed by atoms with Crippen LogP contribution < -0.4 is 11.1 Å². The van der Waals surface area contributed by atoms with Crippen LogP contribution in [0.3, 0.4) is 0 Å². The molecule has 17 heavy (non-hydrogen) atoms. The lowest BCUT2D eigenvalue weighted by Crippen LogP contribution is -2.30.